The van der Waals surface area contributed by atoms with Crippen LogP contribution in [-0.4, -0.2) is 58.2 Å². The molecule has 1 unspecified atom stereocenters. The average Bonchev–Trinajstić information content (AvgIpc) is 2.47. The topological polar surface area (TPSA) is 36.9 Å². The van der Waals surface area contributed by atoms with Gasteiger partial charge in [0.05, 0.1) is 46.2 Å². The second kappa shape index (κ2) is 16.7. The highest BCUT2D eigenvalue weighted by Gasteiger charge is 2.11. The van der Waals surface area contributed by atoms with E-state index in [1.165, 1.54) is 6.42 Å². The molecule has 0 fully saturated rings. The van der Waals surface area contributed by atoms with Crippen LogP contribution in [0.4, 0.5) is 0 Å². The summed E-state index contributed by atoms with van der Waals surface area (Å²) in [5.41, 5.74) is 0. The molecule has 0 bridgehead atoms. The first-order valence-electron chi connectivity index (χ1n) is 8.09. The molecular formula is C16H33BrO4. The molecule has 0 aromatic carbocycles. The summed E-state index contributed by atoms with van der Waals surface area (Å²) in [6.07, 6.45) is 2.29. The van der Waals surface area contributed by atoms with Gasteiger partial charge in [-0.2, -0.15) is 0 Å². The molecule has 5 heteroatoms. The Bertz CT molecular complexity index is 203. The number of unbranched alkanes of at least 4 members (excludes halogenated alkanes) is 1. The number of halogens is 1. The molecular weight excluding hydrogens is 336 g/mol. The Morgan fingerprint density at radius 1 is 0.762 bits per heavy atom. The summed E-state index contributed by atoms with van der Waals surface area (Å²) in [5.74, 6) is 1.21. The Labute approximate surface area is 139 Å². The van der Waals surface area contributed by atoms with E-state index in [4.69, 9.17) is 18.9 Å². The van der Waals surface area contributed by atoms with E-state index in [-0.39, 0.29) is 0 Å². The maximum atomic E-state index is 5.61. The third-order valence-electron chi connectivity index (χ3n) is 3.23. The molecule has 0 saturated carbocycles. The van der Waals surface area contributed by atoms with Crippen LogP contribution in [0.3, 0.4) is 0 Å². The molecule has 0 aliphatic heterocycles. The van der Waals surface area contributed by atoms with Crippen LogP contribution < -0.4 is 0 Å². The number of hydrogen-bond acceptors (Lipinski definition) is 4. The lowest BCUT2D eigenvalue weighted by atomic mass is 9.99. The summed E-state index contributed by atoms with van der Waals surface area (Å²) in [6, 6.07) is 0. The number of rotatable bonds is 16. The number of ether oxygens (including phenoxy) is 4. The lowest BCUT2D eigenvalue weighted by Gasteiger charge is -2.17. The summed E-state index contributed by atoms with van der Waals surface area (Å²) >= 11 is 3.52. The maximum Gasteiger partial charge on any atom is 0.0701 e. The van der Waals surface area contributed by atoms with Crippen LogP contribution in [0.1, 0.15) is 33.6 Å². The molecule has 0 amide bonds. The zero-order valence-corrected chi connectivity index (χ0v) is 15.5. The van der Waals surface area contributed by atoms with Crippen molar-refractivity contribution in [3.63, 3.8) is 0 Å². The Hall–Kier alpha value is 0.320. The minimum absolute atomic E-state index is 0.570. The summed E-state index contributed by atoms with van der Waals surface area (Å²) in [5, 5.41) is 0.986. The molecule has 128 valence electrons. The molecule has 21 heavy (non-hydrogen) atoms. The van der Waals surface area contributed by atoms with Crippen molar-refractivity contribution in [3.05, 3.63) is 0 Å². The lowest BCUT2D eigenvalue weighted by molar-refractivity contribution is -0.00695. The Kier molecular flexibility index (Phi) is 16.9. The maximum absolute atomic E-state index is 5.61. The van der Waals surface area contributed by atoms with E-state index < -0.39 is 0 Å². The van der Waals surface area contributed by atoms with Crippen molar-refractivity contribution >= 4 is 15.9 Å². The van der Waals surface area contributed by atoms with Crippen molar-refractivity contribution in [2.75, 3.05) is 58.2 Å². The molecule has 1 atom stereocenters. The SMILES string of the molecule is CCCCOCCOCCOCCOCC(CBr)C(C)C. The van der Waals surface area contributed by atoms with Gasteiger partial charge < -0.3 is 18.9 Å². The molecule has 0 aromatic rings. The Morgan fingerprint density at radius 3 is 1.67 bits per heavy atom. The highest BCUT2D eigenvalue weighted by molar-refractivity contribution is 9.09. The van der Waals surface area contributed by atoms with E-state index >= 15 is 0 Å². The zero-order chi connectivity index (χ0) is 15.8. The van der Waals surface area contributed by atoms with Crippen molar-refractivity contribution in [1.82, 2.24) is 0 Å². The van der Waals surface area contributed by atoms with Crippen LogP contribution in [-0.2, 0) is 18.9 Å². The summed E-state index contributed by atoms with van der Waals surface area (Å²) in [7, 11) is 0. The molecule has 0 radical (unpaired) electrons. The first kappa shape index (κ1) is 21.3. The van der Waals surface area contributed by atoms with Gasteiger partial charge in [0.15, 0.2) is 0 Å². The van der Waals surface area contributed by atoms with Crippen LogP contribution in [0.2, 0.25) is 0 Å². The fourth-order valence-electron chi connectivity index (χ4n) is 1.56. The first-order valence-corrected chi connectivity index (χ1v) is 9.21. The first-order chi connectivity index (χ1) is 10.2. The minimum atomic E-state index is 0.570. The minimum Gasteiger partial charge on any atom is -0.379 e. The average molecular weight is 369 g/mol. The van der Waals surface area contributed by atoms with E-state index in [1.807, 2.05) is 0 Å². The molecule has 0 heterocycles. The molecule has 0 aliphatic rings. The van der Waals surface area contributed by atoms with Gasteiger partial charge in [-0.3, -0.25) is 0 Å². The van der Waals surface area contributed by atoms with Gasteiger partial charge in [0.1, 0.15) is 0 Å². The third kappa shape index (κ3) is 15.0. The van der Waals surface area contributed by atoms with Gasteiger partial charge in [-0.05, 0) is 18.3 Å². The predicted octanol–water partition coefficient (Wildman–Crippen LogP) is 3.52. The van der Waals surface area contributed by atoms with Crippen molar-refractivity contribution in [1.29, 1.82) is 0 Å². The van der Waals surface area contributed by atoms with Gasteiger partial charge in [-0.1, -0.05) is 43.1 Å². The van der Waals surface area contributed by atoms with E-state index in [9.17, 15) is 0 Å². The zero-order valence-electron chi connectivity index (χ0n) is 13.9. The van der Waals surface area contributed by atoms with Gasteiger partial charge in [0, 0.05) is 11.9 Å². The predicted molar refractivity (Wildman–Crippen MR) is 90.3 cm³/mol. The molecule has 0 N–H and O–H groups in total. The molecule has 0 rings (SSSR count). The standard InChI is InChI=1S/C16H33BrO4/c1-4-5-6-18-7-8-19-9-10-20-11-12-21-14-16(13-17)15(2)3/h15-16H,4-14H2,1-3H3. The van der Waals surface area contributed by atoms with E-state index in [0.29, 0.717) is 51.5 Å². The van der Waals surface area contributed by atoms with Gasteiger partial charge in [-0.15, -0.1) is 0 Å². The summed E-state index contributed by atoms with van der Waals surface area (Å²) in [6.45, 7) is 12.0. The lowest BCUT2D eigenvalue weighted by Crippen LogP contribution is -2.19. The van der Waals surface area contributed by atoms with Crippen molar-refractivity contribution in [2.45, 2.75) is 33.6 Å². The van der Waals surface area contributed by atoms with Gasteiger partial charge >= 0.3 is 0 Å². The Balaban J connectivity index is 3.12. The van der Waals surface area contributed by atoms with E-state index in [1.54, 1.807) is 0 Å². The smallest absolute Gasteiger partial charge is 0.0701 e. The molecule has 0 spiro atoms. The molecule has 0 aromatic heterocycles. The van der Waals surface area contributed by atoms with Crippen molar-refractivity contribution < 1.29 is 18.9 Å². The quantitative estimate of drug-likeness (QED) is 0.308. The van der Waals surface area contributed by atoms with Crippen molar-refractivity contribution in [2.24, 2.45) is 11.8 Å². The monoisotopic (exact) mass is 368 g/mol. The van der Waals surface area contributed by atoms with E-state index in [0.717, 1.165) is 25.0 Å². The van der Waals surface area contributed by atoms with Gasteiger partial charge in [0.25, 0.3) is 0 Å². The molecule has 0 saturated heterocycles. The third-order valence-corrected chi connectivity index (χ3v) is 4.06. The van der Waals surface area contributed by atoms with E-state index in [2.05, 4.69) is 36.7 Å². The Morgan fingerprint density at radius 2 is 1.24 bits per heavy atom. The second-order valence-corrected chi connectivity index (χ2v) is 6.07. The molecule has 0 aliphatic carbocycles. The van der Waals surface area contributed by atoms with Gasteiger partial charge in [0.2, 0.25) is 0 Å². The second-order valence-electron chi connectivity index (χ2n) is 5.42. The van der Waals surface area contributed by atoms with Crippen LogP contribution in [0.25, 0.3) is 0 Å². The fraction of sp³-hybridized carbons (Fsp3) is 1.00. The van der Waals surface area contributed by atoms with Crippen LogP contribution in [0.15, 0.2) is 0 Å². The number of alkyl halides is 1. The van der Waals surface area contributed by atoms with Gasteiger partial charge in [-0.25, -0.2) is 0 Å². The molecule has 4 nitrogen and oxygen atoms in total. The highest BCUT2D eigenvalue weighted by atomic mass is 79.9. The van der Waals surface area contributed by atoms with Crippen LogP contribution in [0.5, 0.6) is 0 Å². The fourth-order valence-corrected chi connectivity index (χ4v) is 2.49. The van der Waals surface area contributed by atoms with Crippen LogP contribution >= 0.6 is 15.9 Å². The summed E-state index contributed by atoms with van der Waals surface area (Å²) < 4.78 is 21.9. The number of hydrogen-bond donors (Lipinski definition) is 0. The normalized spacial score (nSPS) is 13.0. The summed E-state index contributed by atoms with van der Waals surface area (Å²) in [4.78, 5) is 0. The highest BCUT2D eigenvalue weighted by Crippen LogP contribution is 2.13. The van der Waals surface area contributed by atoms with Crippen molar-refractivity contribution in [3.8, 4) is 0 Å². The largest absolute Gasteiger partial charge is 0.379 e. The van der Waals surface area contributed by atoms with Crippen LogP contribution in [0, 0.1) is 11.8 Å².